The summed E-state index contributed by atoms with van der Waals surface area (Å²) in [5, 5.41) is 9.53. The van der Waals surface area contributed by atoms with E-state index in [1.54, 1.807) is 0 Å². The highest BCUT2D eigenvalue weighted by atomic mass is 32.1. The topological polar surface area (TPSA) is 23.5 Å². The van der Waals surface area contributed by atoms with Gasteiger partial charge in [-0.05, 0) is 43.4 Å². The number of hydrogen-bond acceptors (Lipinski definition) is 3. The molecule has 0 radical (unpaired) electrons. The molecule has 3 heteroatoms. The second kappa shape index (κ2) is 6.12. The first-order valence-corrected chi connectivity index (χ1v) is 6.69. The number of aliphatic hydroxyl groups excluding tert-OH is 1. The molecule has 0 aromatic carbocycles. The summed E-state index contributed by atoms with van der Waals surface area (Å²) >= 11 is 4.41. The second-order valence-corrected chi connectivity index (χ2v) is 5.60. The van der Waals surface area contributed by atoms with Crippen LogP contribution in [-0.2, 0) is 0 Å². The Labute approximate surface area is 99.5 Å². The SMILES string of the molecule is CC(C)C(CS)CN1CCC(C(C)O)C1. The van der Waals surface area contributed by atoms with E-state index in [1.807, 2.05) is 6.92 Å². The standard InChI is InChI=1S/C12H25NOS/c1-9(2)12(8-15)7-13-5-4-11(6-13)10(3)14/h9-12,14-15H,4-8H2,1-3H3. The van der Waals surface area contributed by atoms with Crippen LogP contribution in [0.3, 0.4) is 0 Å². The van der Waals surface area contributed by atoms with Crippen molar-refractivity contribution in [2.24, 2.45) is 17.8 Å². The van der Waals surface area contributed by atoms with Gasteiger partial charge in [0.2, 0.25) is 0 Å². The van der Waals surface area contributed by atoms with Crippen molar-refractivity contribution in [1.82, 2.24) is 4.90 Å². The molecule has 0 saturated carbocycles. The first-order valence-electron chi connectivity index (χ1n) is 6.05. The van der Waals surface area contributed by atoms with E-state index in [-0.39, 0.29) is 6.10 Å². The molecule has 90 valence electrons. The second-order valence-electron chi connectivity index (χ2n) is 5.24. The zero-order chi connectivity index (χ0) is 11.4. The maximum atomic E-state index is 9.53. The van der Waals surface area contributed by atoms with Gasteiger partial charge in [-0.2, -0.15) is 12.6 Å². The Bertz CT molecular complexity index is 184. The lowest BCUT2D eigenvalue weighted by Crippen LogP contribution is -2.32. The first kappa shape index (κ1) is 13.3. The van der Waals surface area contributed by atoms with Gasteiger partial charge in [0.05, 0.1) is 6.10 Å². The van der Waals surface area contributed by atoms with Gasteiger partial charge in [-0.25, -0.2) is 0 Å². The van der Waals surface area contributed by atoms with E-state index in [2.05, 4.69) is 31.4 Å². The van der Waals surface area contributed by atoms with Crippen LogP contribution in [0.25, 0.3) is 0 Å². The van der Waals surface area contributed by atoms with Crippen LogP contribution in [0.15, 0.2) is 0 Å². The molecule has 0 bridgehead atoms. The number of hydrogen-bond donors (Lipinski definition) is 2. The molecule has 2 nitrogen and oxygen atoms in total. The van der Waals surface area contributed by atoms with E-state index in [0.29, 0.717) is 17.8 Å². The fourth-order valence-corrected chi connectivity index (χ4v) is 2.77. The molecule has 0 spiro atoms. The number of likely N-dealkylation sites (tertiary alicyclic amines) is 1. The number of rotatable bonds is 5. The average molecular weight is 231 g/mol. The molecule has 1 rings (SSSR count). The fourth-order valence-electron chi connectivity index (χ4n) is 2.23. The third kappa shape index (κ3) is 3.97. The zero-order valence-electron chi connectivity index (χ0n) is 10.2. The zero-order valence-corrected chi connectivity index (χ0v) is 11.1. The molecule has 0 aromatic heterocycles. The van der Waals surface area contributed by atoms with Gasteiger partial charge in [-0.15, -0.1) is 0 Å². The monoisotopic (exact) mass is 231 g/mol. The molecule has 1 saturated heterocycles. The van der Waals surface area contributed by atoms with E-state index in [4.69, 9.17) is 0 Å². The van der Waals surface area contributed by atoms with Crippen molar-refractivity contribution >= 4 is 12.6 Å². The number of aliphatic hydroxyl groups is 1. The third-order valence-electron chi connectivity index (χ3n) is 3.66. The molecule has 0 amide bonds. The smallest absolute Gasteiger partial charge is 0.0552 e. The molecule has 1 N–H and O–H groups in total. The minimum atomic E-state index is -0.150. The lowest BCUT2D eigenvalue weighted by Gasteiger charge is -2.25. The Morgan fingerprint density at radius 1 is 1.40 bits per heavy atom. The van der Waals surface area contributed by atoms with Crippen molar-refractivity contribution in [1.29, 1.82) is 0 Å². The minimum Gasteiger partial charge on any atom is -0.393 e. The quantitative estimate of drug-likeness (QED) is 0.706. The molecule has 15 heavy (non-hydrogen) atoms. The maximum absolute atomic E-state index is 9.53. The predicted octanol–water partition coefficient (Wildman–Crippen LogP) is 1.89. The summed E-state index contributed by atoms with van der Waals surface area (Å²) in [4.78, 5) is 2.48. The lowest BCUT2D eigenvalue weighted by atomic mass is 9.97. The molecule has 3 unspecified atom stereocenters. The van der Waals surface area contributed by atoms with Gasteiger partial charge in [-0.1, -0.05) is 13.8 Å². The summed E-state index contributed by atoms with van der Waals surface area (Å²) in [5.74, 6) is 2.83. The number of thiol groups is 1. The van der Waals surface area contributed by atoms with Gasteiger partial charge < -0.3 is 10.0 Å². The number of nitrogens with zero attached hydrogens (tertiary/aromatic N) is 1. The summed E-state index contributed by atoms with van der Waals surface area (Å²) < 4.78 is 0. The largest absolute Gasteiger partial charge is 0.393 e. The summed E-state index contributed by atoms with van der Waals surface area (Å²) in [5.41, 5.74) is 0. The van der Waals surface area contributed by atoms with E-state index >= 15 is 0 Å². The van der Waals surface area contributed by atoms with Gasteiger partial charge in [0.1, 0.15) is 0 Å². The van der Waals surface area contributed by atoms with Crippen molar-refractivity contribution in [3.05, 3.63) is 0 Å². The molecular formula is C12H25NOS. The molecule has 1 heterocycles. The van der Waals surface area contributed by atoms with E-state index in [9.17, 15) is 5.11 Å². The minimum absolute atomic E-state index is 0.150. The van der Waals surface area contributed by atoms with Crippen molar-refractivity contribution in [3.63, 3.8) is 0 Å². The normalized spacial score (nSPS) is 27.2. The molecule has 1 aliphatic heterocycles. The van der Waals surface area contributed by atoms with Gasteiger partial charge in [0.15, 0.2) is 0 Å². The van der Waals surface area contributed by atoms with E-state index in [1.165, 1.54) is 0 Å². The Morgan fingerprint density at radius 2 is 2.07 bits per heavy atom. The van der Waals surface area contributed by atoms with E-state index in [0.717, 1.165) is 31.8 Å². The van der Waals surface area contributed by atoms with Crippen LogP contribution >= 0.6 is 12.6 Å². The van der Waals surface area contributed by atoms with Crippen molar-refractivity contribution < 1.29 is 5.11 Å². The average Bonchev–Trinajstić information content (AvgIpc) is 2.61. The highest BCUT2D eigenvalue weighted by Crippen LogP contribution is 2.22. The van der Waals surface area contributed by atoms with Gasteiger partial charge in [0, 0.05) is 13.1 Å². The first-order chi connectivity index (χ1) is 7.04. The third-order valence-corrected chi connectivity index (χ3v) is 4.13. The van der Waals surface area contributed by atoms with Crippen LogP contribution < -0.4 is 0 Å². The fraction of sp³-hybridized carbons (Fsp3) is 1.00. The van der Waals surface area contributed by atoms with Crippen LogP contribution in [0, 0.1) is 17.8 Å². The Morgan fingerprint density at radius 3 is 2.47 bits per heavy atom. The van der Waals surface area contributed by atoms with Crippen LogP contribution in [0.4, 0.5) is 0 Å². The van der Waals surface area contributed by atoms with Gasteiger partial charge >= 0.3 is 0 Å². The highest BCUT2D eigenvalue weighted by molar-refractivity contribution is 7.80. The molecule has 3 atom stereocenters. The Kier molecular flexibility index (Phi) is 5.44. The Balaban J connectivity index is 2.34. The summed E-state index contributed by atoms with van der Waals surface area (Å²) in [6.07, 6.45) is 0.998. The summed E-state index contributed by atoms with van der Waals surface area (Å²) in [6, 6.07) is 0. The molecule has 0 aromatic rings. The molecule has 1 fully saturated rings. The van der Waals surface area contributed by atoms with Gasteiger partial charge in [0.25, 0.3) is 0 Å². The van der Waals surface area contributed by atoms with E-state index < -0.39 is 0 Å². The van der Waals surface area contributed by atoms with Crippen molar-refractivity contribution in [2.75, 3.05) is 25.4 Å². The molecular weight excluding hydrogens is 206 g/mol. The Hall–Kier alpha value is 0.270. The molecule has 0 aliphatic carbocycles. The van der Waals surface area contributed by atoms with Crippen LogP contribution in [0.5, 0.6) is 0 Å². The predicted molar refractivity (Wildman–Crippen MR) is 68.4 cm³/mol. The van der Waals surface area contributed by atoms with Crippen LogP contribution in [0.2, 0.25) is 0 Å². The van der Waals surface area contributed by atoms with Crippen molar-refractivity contribution in [2.45, 2.75) is 33.3 Å². The van der Waals surface area contributed by atoms with Crippen LogP contribution in [0.1, 0.15) is 27.2 Å². The van der Waals surface area contributed by atoms with Crippen molar-refractivity contribution in [3.8, 4) is 0 Å². The summed E-state index contributed by atoms with van der Waals surface area (Å²) in [7, 11) is 0. The lowest BCUT2D eigenvalue weighted by molar-refractivity contribution is 0.125. The summed E-state index contributed by atoms with van der Waals surface area (Å²) in [6.45, 7) is 9.80. The maximum Gasteiger partial charge on any atom is 0.0552 e. The van der Waals surface area contributed by atoms with Gasteiger partial charge in [-0.3, -0.25) is 0 Å². The highest BCUT2D eigenvalue weighted by Gasteiger charge is 2.27. The van der Waals surface area contributed by atoms with Crippen LogP contribution in [-0.4, -0.2) is 41.5 Å². The molecule has 1 aliphatic rings.